The maximum Gasteiger partial charge on any atom is 0.488 e. The average Bonchev–Trinajstić information content (AvgIpc) is 2.84. The second-order valence-corrected chi connectivity index (χ2v) is 12.9. The predicted molar refractivity (Wildman–Crippen MR) is 156 cm³/mol. The third kappa shape index (κ3) is 21.0. The molecular formula is C29H54BNO6P+. The number of hydrogen-bond donors (Lipinski definition) is 2. The number of likely N-dealkylation sites (N-methyl/N-ethyl adjacent to an activating group) is 1. The van der Waals surface area contributed by atoms with Crippen molar-refractivity contribution in [1.29, 1.82) is 0 Å². The summed E-state index contributed by atoms with van der Waals surface area (Å²) < 4.78 is 22.2. The number of hydrogen-bond acceptors (Lipinski definition) is 6. The molecule has 0 fully saturated rings. The van der Waals surface area contributed by atoms with Gasteiger partial charge in [0.2, 0.25) is 0 Å². The quantitative estimate of drug-likeness (QED) is 0.0569. The third-order valence-corrected chi connectivity index (χ3v) is 7.72. The molecule has 0 aromatic heterocycles. The molecule has 0 spiro atoms. The molecule has 1 rings (SSSR count). The topological polar surface area (TPSA) is 99.1 Å². The van der Waals surface area contributed by atoms with Crippen LogP contribution in [0.4, 0.5) is 0 Å². The van der Waals surface area contributed by atoms with Crippen LogP contribution in [-0.4, -0.2) is 62.6 Å². The van der Waals surface area contributed by atoms with E-state index < -0.39 is 14.9 Å². The van der Waals surface area contributed by atoms with Crippen LogP contribution in [-0.2, 0) is 20.0 Å². The minimum atomic E-state index is -4.16. The number of unbranched alkanes of at least 4 members (excludes halogenated alkanes) is 15. The zero-order chi connectivity index (χ0) is 28.1. The first-order valence-electron chi connectivity index (χ1n) is 14.8. The fourth-order valence-corrected chi connectivity index (χ4v) is 4.98. The highest BCUT2D eigenvalue weighted by atomic mass is 31.2. The van der Waals surface area contributed by atoms with Gasteiger partial charge in [-0.25, -0.2) is 0 Å². The Morgan fingerprint density at radius 1 is 0.763 bits per heavy atom. The van der Waals surface area contributed by atoms with Crippen molar-refractivity contribution in [1.82, 2.24) is 0 Å². The monoisotopic (exact) mass is 554 g/mol. The largest absolute Gasteiger partial charge is 0.756 e. The number of phosphoric ester groups is 1. The first-order valence-corrected chi connectivity index (χ1v) is 16.2. The van der Waals surface area contributed by atoms with Gasteiger partial charge in [0.05, 0.1) is 40.6 Å². The van der Waals surface area contributed by atoms with Crippen molar-refractivity contribution in [3.63, 3.8) is 0 Å². The molecule has 1 aromatic carbocycles. The molecule has 0 saturated heterocycles. The predicted octanol–water partition coefficient (Wildman–Crippen LogP) is 5.17. The maximum atomic E-state index is 11.7. The lowest BCUT2D eigenvalue weighted by Crippen LogP contribution is -2.37. The second kappa shape index (κ2) is 21.0. The fourth-order valence-electron chi connectivity index (χ4n) is 4.25. The standard InChI is InChI=1S/C29H54BNO6P/c1-31(2,3)25-27-37-38(34,35)36-26-19-17-15-13-11-9-7-5-4-6-8-10-12-14-16-18-20-28-21-23-29(24-22-28)30(32)33/h18,21-24,32-33H,4-17,19-20,25-27H2,1-3H3/q+1. The van der Waals surface area contributed by atoms with Crippen LogP contribution in [0.1, 0.15) is 102 Å². The Morgan fingerprint density at radius 2 is 1.21 bits per heavy atom. The molecule has 1 atom stereocenters. The zero-order valence-corrected chi connectivity index (χ0v) is 25.2. The Bertz CT molecular complexity index is 742. The molecule has 0 saturated carbocycles. The molecule has 0 heterocycles. The van der Waals surface area contributed by atoms with E-state index in [2.05, 4.69) is 6.42 Å². The minimum Gasteiger partial charge on any atom is -0.756 e. The van der Waals surface area contributed by atoms with Crippen LogP contribution in [0.15, 0.2) is 24.3 Å². The molecule has 1 aromatic rings. The van der Waals surface area contributed by atoms with Crippen LogP contribution in [0.3, 0.4) is 0 Å². The van der Waals surface area contributed by atoms with E-state index in [-0.39, 0.29) is 13.2 Å². The van der Waals surface area contributed by atoms with Gasteiger partial charge in [-0.15, -0.1) is 0 Å². The normalized spacial score (nSPS) is 13.4. The Balaban J connectivity index is 1.79. The zero-order valence-electron chi connectivity index (χ0n) is 24.3. The van der Waals surface area contributed by atoms with Crippen LogP contribution in [0.25, 0.3) is 0 Å². The van der Waals surface area contributed by atoms with E-state index in [0.29, 0.717) is 16.5 Å². The number of nitrogens with zero attached hydrogens (tertiary/aromatic N) is 1. The average molecular weight is 555 g/mol. The molecule has 0 aliphatic heterocycles. The van der Waals surface area contributed by atoms with Gasteiger partial charge >= 0.3 is 7.12 Å². The number of phosphoric acid groups is 1. The lowest BCUT2D eigenvalue weighted by molar-refractivity contribution is -0.870. The van der Waals surface area contributed by atoms with E-state index in [0.717, 1.165) is 32.1 Å². The molecule has 218 valence electrons. The van der Waals surface area contributed by atoms with Gasteiger partial charge in [0, 0.05) is 0 Å². The SMILES string of the molecule is C[N+](C)(C)CCOP(=O)([O-])OCCCCCCCCCCCCCCCC[CH+]Cc1ccc(B(O)O)cc1. The number of quaternary nitrogens is 1. The van der Waals surface area contributed by atoms with Gasteiger partial charge in [-0.05, 0) is 30.3 Å². The van der Waals surface area contributed by atoms with E-state index in [1.54, 1.807) is 12.1 Å². The highest BCUT2D eigenvalue weighted by molar-refractivity contribution is 7.45. The molecule has 1 unspecified atom stereocenters. The molecule has 7 nitrogen and oxygen atoms in total. The van der Waals surface area contributed by atoms with Crippen molar-refractivity contribution < 1.29 is 33.0 Å². The van der Waals surface area contributed by atoms with Crippen molar-refractivity contribution in [2.45, 2.75) is 103 Å². The van der Waals surface area contributed by atoms with Crippen molar-refractivity contribution in [2.24, 2.45) is 0 Å². The summed E-state index contributed by atoms with van der Waals surface area (Å²) in [7, 11) is 0.424. The van der Waals surface area contributed by atoms with Crippen molar-refractivity contribution in [2.75, 3.05) is 40.9 Å². The van der Waals surface area contributed by atoms with Crippen LogP contribution < -0.4 is 10.4 Å². The maximum absolute atomic E-state index is 11.7. The van der Waals surface area contributed by atoms with Crippen molar-refractivity contribution >= 4 is 20.4 Å². The molecule has 0 aliphatic rings. The molecular weight excluding hydrogens is 500 g/mol. The van der Waals surface area contributed by atoms with Crippen LogP contribution in [0, 0.1) is 6.42 Å². The lowest BCUT2D eigenvalue weighted by Gasteiger charge is -2.27. The summed E-state index contributed by atoms with van der Waals surface area (Å²) in [5.74, 6) is 0. The fraction of sp³-hybridized carbons (Fsp3) is 0.759. The summed E-state index contributed by atoms with van der Waals surface area (Å²) in [5.41, 5.74) is 1.75. The van der Waals surface area contributed by atoms with Crippen LogP contribution in [0.5, 0.6) is 0 Å². The van der Waals surface area contributed by atoms with Crippen molar-refractivity contribution in [3.05, 3.63) is 36.2 Å². The highest BCUT2D eigenvalue weighted by Crippen LogP contribution is 2.38. The van der Waals surface area contributed by atoms with E-state index in [9.17, 15) is 9.46 Å². The summed E-state index contributed by atoms with van der Waals surface area (Å²) in [6.07, 6.45) is 21.6. The molecule has 38 heavy (non-hydrogen) atoms. The van der Waals surface area contributed by atoms with E-state index >= 15 is 0 Å². The number of benzene rings is 1. The summed E-state index contributed by atoms with van der Waals surface area (Å²) in [5, 5.41) is 18.3. The summed E-state index contributed by atoms with van der Waals surface area (Å²) >= 11 is 0. The summed E-state index contributed by atoms with van der Waals surface area (Å²) in [6.45, 7) is 0.993. The van der Waals surface area contributed by atoms with Crippen LogP contribution >= 0.6 is 7.82 Å². The second-order valence-electron chi connectivity index (χ2n) is 11.5. The summed E-state index contributed by atoms with van der Waals surface area (Å²) in [6, 6.07) is 7.48. The highest BCUT2D eigenvalue weighted by Gasteiger charge is 2.13. The molecule has 0 amide bonds. The van der Waals surface area contributed by atoms with Gasteiger partial charge in [-0.2, -0.15) is 0 Å². The van der Waals surface area contributed by atoms with Crippen LogP contribution in [0.2, 0.25) is 0 Å². The van der Waals surface area contributed by atoms with E-state index in [1.165, 1.54) is 76.2 Å². The molecule has 2 N–H and O–H groups in total. The smallest absolute Gasteiger partial charge is 0.488 e. The number of rotatable bonds is 25. The third-order valence-electron chi connectivity index (χ3n) is 6.72. The molecule has 9 heteroatoms. The first kappa shape index (κ1) is 35.2. The van der Waals surface area contributed by atoms with E-state index in [1.807, 2.05) is 33.3 Å². The Kier molecular flexibility index (Phi) is 19.4. The molecule has 0 aliphatic carbocycles. The van der Waals surface area contributed by atoms with Crippen molar-refractivity contribution in [3.8, 4) is 0 Å². The van der Waals surface area contributed by atoms with Gasteiger partial charge in [-0.1, -0.05) is 94.9 Å². The lowest BCUT2D eigenvalue weighted by atomic mass is 9.80. The Morgan fingerprint density at radius 3 is 1.68 bits per heavy atom. The van der Waals surface area contributed by atoms with Gasteiger partial charge in [-0.3, -0.25) is 4.57 Å². The first-order chi connectivity index (χ1) is 18.1. The summed E-state index contributed by atoms with van der Waals surface area (Å²) in [4.78, 5) is 11.7. The Labute approximate surface area is 233 Å². The van der Waals surface area contributed by atoms with Gasteiger partial charge in [0.15, 0.2) is 0 Å². The molecule has 0 bridgehead atoms. The van der Waals surface area contributed by atoms with Gasteiger partial charge < -0.3 is 28.5 Å². The Hall–Kier alpha value is -0.855. The van der Waals surface area contributed by atoms with Gasteiger partial charge in [0.25, 0.3) is 7.82 Å². The molecule has 0 radical (unpaired) electrons. The van der Waals surface area contributed by atoms with E-state index in [4.69, 9.17) is 19.1 Å². The minimum absolute atomic E-state index is 0.155. The van der Waals surface area contributed by atoms with Gasteiger partial charge in [0.1, 0.15) is 19.6 Å².